The summed E-state index contributed by atoms with van der Waals surface area (Å²) in [5.41, 5.74) is 4.28. The summed E-state index contributed by atoms with van der Waals surface area (Å²) in [6, 6.07) is 26.1. The first-order valence-electron chi connectivity index (χ1n) is 10.7. The van der Waals surface area contributed by atoms with Crippen LogP contribution in [-0.2, 0) is 12.8 Å². The first kappa shape index (κ1) is 24.4. The number of hydrogen-bond donors (Lipinski definition) is 1. The Hall–Kier alpha value is -2.65. The molecule has 3 heteroatoms. The lowest BCUT2D eigenvalue weighted by Crippen LogP contribution is -2.37. The molecule has 0 saturated heterocycles. The molecule has 4 rings (SSSR count). The van der Waals surface area contributed by atoms with Gasteiger partial charge in [-0.05, 0) is 41.7 Å². The minimum atomic E-state index is 0.345. The van der Waals surface area contributed by atoms with E-state index in [0.717, 1.165) is 32.3 Å². The molecule has 0 fully saturated rings. The SMILES string of the molecule is CC.CC.CO.c1ccc(CC2c3ccccc3CCN2c2ccccn2)cc1. The summed E-state index contributed by atoms with van der Waals surface area (Å²) in [5.74, 6) is 1.07. The van der Waals surface area contributed by atoms with Crippen molar-refractivity contribution in [2.75, 3.05) is 18.6 Å². The Balaban J connectivity index is 0.000000644. The summed E-state index contributed by atoms with van der Waals surface area (Å²) in [5, 5.41) is 7.00. The minimum Gasteiger partial charge on any atom is -0.400 e. The first-order valence-corrected chi connectivity index (χ1v) is 10.7. The molecule has 0 radical (unpaired) electrons. The highest BCUT2D eigenvalue weighted by Gasteiger charge is 2.28. The number of anilines is 1. The zero-order valence-electron chi connectivity index (χ0n) is 18.5. The van der Waals surface area contributed by atoms with Crippen LogP contribution in [0.1, 0.15) is 50.4 Å². The van der Waals surface area contributed by atoms with Crippen LogP contribution in [0, 0.1) is 0 Å². The number of benzene rings is 2. The van der Waals surface area contributed by atoms with E-state index in [9.17, 15) is 0 Å². The smallest absolute Gasteiger partial charge is 0.128 e. The predicted octanol–water partition coefficient (Wildman–Crippen LogP) is 6.09. The van der Waals surface area contributed by atoms with Crippen molar-refractivity contribution >= 4 is 5.82 Å². The molecule has 3 aromatic rings. The van der Waals surface area contributed by atoms with Gasteiger partial charge >= 0.3 is 0 Å². The molecule has 1 atom stereocenters. The Morgan fingerprint density at radius 1 is 0.828 bits per heavy atom. The highest BCUT2D eigenvalue weighted by atomic mass is 16.2. The Labute approximate surface area is 177 Å². The molecule has 0 spiro atoms. The Bertz CT molecular complexity index is 775. The molecule has 29 heavy (non-hydrogen) atoms. The van der Waals surface area contributed by atoms with Gasteiger partial charge in [-0.1, -0.05) is 88.4 Å². The Morgan fingerprint density at radius 2 is 1.45 bits per heavy atom. The van der Waals surface area contributed by atoms with Crippen molar-refractivity contribution in [2.45, 2.75) is 46.6 Å². The van der Waals surface area contributed by atoms with Gasteiger partial charge in [0, 0.05) is 19.9 Å². The number of fused-ring (bicyclic) bond motifs is 1. The van der Waals surface area contributed by atoms with Gasteiger partial charge in [0.1, 0.15) is 5.82 Å². The third kappa shape index (κ3) is 6.72. The third-order valence-electron chi connectivity index (χ3n) is 4.63. The lowest BCUT2D eigenvalue weighted by Gasteiger charge is -2.38. The van der Waals surface area contributed by atoms with Gasteiger partial charge in [-0.15, -0.1) is 0 Å². The summed E-state index contributed by atoms with van der Waals surface area (Å²) in [4.78, 5) is 7.05. The molecule has 0 saturated carbocycles. The fraction of sp³-hybridized carbons (Fsp3) is 0.346. The molecule has 2 aromatic carbocycles. The Morgan fingerprint density at radius 3 is 2.10 bits per heavy atom. The van der Waals surface area contributed by atoms with E-state index in [2.05, 4.69) is 76.6 Å². The summed E-state index contributed by atoms with van der Waals surface area (Å²) < 4.78 is 0. The van der Waals surface area contributed by atoms with Crippen molar-refractivity contribution in [2.24, 2.45) is 0 Å². The average molecular weight is 393 g/mol. The molecule has 156 valence electrons. The summed E-state index contributed by atoms with van der Waals surface area (Å²) in [6.45, 7) is 9.02. The van der Waals surface area contributed by atoms with Crippen LogP contribution in [0.15, 0.2) is 79.0 Å². The molecule has 1 aliphatic rings. The van der Waals surface area contributed by atoms with E-state index >= 15 is 0 Å². The van der Waals surface area contributed by atoms with Gasteiger partial charge in [0.2, 0.25) is 0 Å². The summed E-state index contributed by atoms with van der Waals surface area (Å²) in [7, 11) is 1.00. The molecule has 1 unspecified atom stereocenters. The van der Waals surface area contributed by atoms with Gasteiger partial charge in [0.15, 0.2) is 0 Å². The number of rotatable bonds is 3. The van der Waals surface area contributed by atoms with Crippen LogP contribution in [0.2, 0.25) is 0 Å². The lowest BCUT2D eigenvalue weighted by atomic mass is 9.88. The number of aromatic nitrogens is 1. The fourth-order valence-corrected chi connectivity index (χ4v) is 3.51. The summed E-state index contributed by atoms with van der Waals surface area (Å²) in [6.07, 6.45) is 3.97. The predicted molar refractivity (Wildman–Crippen MR) is 125 cm³/mol. The molecule has 0 amide bonds. The van der Waals surface area contributed by atoms with Crippen LogP contribution in [-0.4, -0.2) is 23.7 Å². The van der Waals surface area contributed by atoms with Crippen molar-refractivity contribution < 1.29 is 5.11 Å². The van der Waals surface area contributed by atoms with E-state index in [1.165, 1.54) is 16.7 Å². The molecular weight excluding hydrogens is 356 g/mol. The number of aliphatic hydroxyl groups is 1. The van der Waals surface area contributed by atoms with E-state index in [-0.39, 0.29) is 0 Å². The largest absolute Gasteiger partial charge is 0.400 e. The number of aliphatic hydroxyl groups excluding tert-OH is 1. The second kappa shape index (κ2) is 14.4. The molecular formula is C26H36N2O. The van der Waals surface area contributed by atoms with Gasteiger partial charge in [-0.25, -0.2) is 4.98 Å². The average Bonchev–Trinajstić information content (AvgIpc) is 2.84. The van der Waals surface area contributed by atoms with Crippen molar-refractivity contribution in [3.8, 4) is 0 Å². The van der Waals surface area contributed by atoms with Crippen LogP contribution in [0.4, 0.5) is 5.82 Å². The first-order chi connectivity index (χ1) is 14.4. The zero-order valence-corrected chi connectivity index (χ0v) is 18.5. The van der Waals surface area contributed by atoms with Gasteiger partial charge in [-0.3, -0.25) is 0 Å². The minimum absolute atomic E-state index is 0.345. The van der Waals surface area contributed by atoms with Crippen LogP contribution in [0.5, 0.6) is 0 Å². The topological polar surface area (TPSA) is 36.4 Å². The van der Waals surface area contributed by atoms with Gasteiger partial charge in [0.05, 0.1) is 6.04 Å². The van der Waals surface area contributed by atoms with Crippen molar-refractivity contribution in [1.29, 1.82) is 0 Å². The highest BCUT2D eigenvalue weighted by molar-refractivity contribution is 5.48. The van der Waals surface area contributed by atoms with E-state index < -0.39 is 0 Å². The monoisotopic (exact) mass is 392 g/mol. The van der Waals surface area contributed by atoms with Crippen molar-refractivity contribution in [3.05, 3.63) is 95.7 Å². The fourth-order valence-electron chi connectivity index (χ4n) is 3.51. The van der Waals surface area contributed by atoms with Crippen LogP contribution in [0.25, 0.3) is 0 Å². The molecule has 1 aliphatic heterocycles. The van der Waals surface area contributed by atoms with Gasteiger partial charge in [-0.2, -0.15) is 0 Å². The number of hydrogen-bond acceptors (Lipinski definition) is 3. The van der Waals surface area contributed by atoms with E-state index in [4.69, 9.17) is 5.11 Å². The standard InChI is InChI=1S/C21H20N2.2C2H6.CH4O/c1-2-8-17(9-3-1)16-20-19-11-5-4-10-18(19)13-15-23(20)21-12-6-7-14-22-21;3*1-2/h1-12,14,20H,13,15-16H2;2*1-2H3;2H,1H3. The molecule has 1 N–H and O–H groups in total. The number of pyridine rings is 1. The second-order valence-electron chi connectivity index (χ2n) is 6.04. The van der Waals surface area contributed by atoms with Crippen molar-refractivity contribution in [3.63, 3.8) is 0 Å². The maximum absolute atomic E-state index is 7.00. The molecule has 0 bridgehead atoms. The zero-order chi connectivity index (χ0) is 21.5. The quantitative estimate of drug-likeness (QED) is 0.586. The third-order valence-corrected chi connectivity index (χ3v) is 4.63. The van der Waals surface area contributed by atoms with E-state index in [1.54, 1.807) is 0 Å². The normalized spacial score (nSPS) is 14.0. The second-order valence-corrected chi connectivity index (χ2v) is 6.04. The lowest BCUT2D eigenvalue weighted by molar-refractivity contribution is 0.399. The van der Waals surface area contributed by atoms with Gasteiger partial charge in [0.25, 0.3) is 0 Å². The number of nitrogens with zero attached hydrogens (tertiary/aromatic N) is 2. The van der Waals surface area contributed by atoms with E-state index in [0.29, 0.717) is 6.04 Å². The highest BCUT2D eigenvalue weighted by Crippen LogP contribution is 2.35. The van der Waals surface area contributed by atoms with Crippen LogP contribution < -0.4 is 4.90 Å². The van der Waals surface area contributed by atoms with Crippen molar-refractivity contribution in [1.82, 2.24) is 4.98 Å². The molecule has 3 nitrogen and oxygen atoms in total. The van der Waals surface area contributed by atoms with E-state index in [1.807, 2.05) is 40.0 Å². The molecule has 0 aliphatic carbocycles. The maximum atomic E-state index is 7.00. The van der Waals surface area contributed by atoms with Gasteiger partial charge < -0.3 is 10.0 Å². The molecule has 1 aromatic heterocycles. The maximum Gasteiger partial charge on any atom is 0.128 e. The van der Waals surface area contributed by atoms with Crippen LogP contribution >= 0.6 is 0 Å². The molecule has 2 heterocycles. The Kier molecular flexibility index (Phi) is 12.1. The summed E-state index contributed by atoms with van der Waals surface area (Å²) >= 11 is 0. The van der Waals surface area contributed by atoms with Crippen LogP contribution in [0.3, 0.4) is 0 Å².